The second kappa shape index (κ2) is 37.4. The van der Waals surface area contributed by atoms with E-state index in [-0.39, 0.29) is 18.6 Å². The van der Waals surface area contributed by atoms with Crippen molar-refractivity contribution in [3.05, 3.63) is 24.3 Å². The van der Waals surface area contributed by atoms with Crippen molar-refractivity contribution < 1.29 is 10.2 Å². The van der Waals surface area contributed by atoms with Crippen molar-refractivity contribution >= 4 is 0 Å². The molecule has 246 valence electrons. The third-order valence-electron chi connectivity index (χ3n) is 8.41. The molecule has 2 nitrogen and oxygen atoms in total. The molecule has 2 unspecified atom stereocenters. The van der Waals surface area contributed by atoms with Gasteiger partial charge in [0.2, 0.25) is 0 Å². The van der Waals surface area contributed by atoms with E-state index in [1.165, 1.54) is 173 Å². The summed E-state index contributed by atoms with van der Waals surface area (Å²) in [6.45, 7) is 12.6. The van der Waals surface area contributed by atoms with Crippen LogP contribution in [0.25, 0.3) is 0 Å². The molecule has 0 aromatic heterocycles. The predicted octanol–water partition coefficient (Wildman–Crippen LogP) is 13.1. The molecule has 2 N–H and O–H groups in total. The molecule has 0 saturated carbocycles. The topological polar surface area (TPSA) is 40.5 Å². The fraction of sp³-hybridized carbons (Fsp3) is 0.897. The number of allylic oxidation sites excluding steroid dienone is 3. The lowest BCUT2D eigenvalue weighted by Gasteiger charge is -2.15. The van der Waals surface area contributed by atoms with Gasteiger partial charge >= 0.3 is 0 Å². The van der Waals surface area contributed by atoms with E-state index in [2.05, 4.69) is 39.5 Å². The van der Waals surface area contributed by atoms with E-state index in [0.717, 1.165) is 12.8 Å². The number of aliphatic hydroxyl groups is 2. The van der Waals surface area contributed by atoms with E-state index in [0.29, 0.717) is 0 Å². The highest BCUT2D eigenvalue weighted by Crippen LogP contribution is 2.15. The lowest BCUT2D eigenvalue weighted by atomic mass is 9.99. The zero-order chi connectivity index (χ0) is 30.7. The maximum atomic E-state index is 9.73. The summed E-state index contributed by atoms with van der Waals surface area (Å²) in [5.74, 6) is 0.0299. The van der Waals surface area contributed by atoms with Gasteiger partial charge in [0.25, 0.3) is 0 Å². The van der Waals surface area contributed by atoms with E-state index < -0.39 is 0 Å². The van der Waals surface area contributed by atoms with Crippen LogP contribution in [-0.2, 0) is 0 Å². The first-order chi connectivity index (χ1) is 20.0. The summed E-state index contributed by atoms with van der Waals surface area (Å²) < 4.78 is 0. The van der Waals surface area contributed by atoms with Crippen LogP contribution in [0.4, 0.5) is 0 Å². The van der Waals surface area contributed by atoms with E-state index in [1.807, 2.05) is 6.92 Å². The number of hydrogen-bond donors (Lipinski definition) is 2. The lowest BCUT2D eigenvalue weighted by molar-refractivity contribution is 0.0685. The van der Waals surface area contributed by atoms with Crippen LogP contribution in [0.2, 0.25) is 0 Å². The molecule has 0 saturated heterocycles. The Hall–Kier alpha value is -0.600. The maximum Gasteiger partial charge on any atom is 0.0587 e. The van der Waals surface area contributed by atoms with Gasteiger partial charge in [-0.2, -0.15) is 0 Å². The van der Waals surface area contributed by atoms with Crippen molar-refractivity contribution in [1.29, 1.82) is 0 Å². The highest BCUT2D eigenvalue weighted by atomic mass is 16.3. The van der Waals surface area contributed by atoms with Gasteiger partial charge in [0.05, 0.1) is 6.10 Å². The van der Waals surface area contributed by atoms with Gasteiger partial charge in [-0.3, -0.25) is 0 Å². The maximum absolute atomic E-state index is 9.73. The minimum Gasteiger partial charge on any atom is -0.396 e. The van der Waals surface area contributed by atoms with Crippen molar-refractivity contribution in [3.8, 4) is 0 Å². The van der Waals surface area contributed by atoms with Gasteiger partial charge in [-0.05, 0) is 51.9 Å². The first-order valence-electron chi connectivity index (χ1n) is 18.6. The number of hydrogen-bond acceptors (Lipinski definition) is 2. The van der Waals surface area contributed by atoms with Crippen LogP contribution in [0.15, 0.2) is 24.3 Å². The molecule has 0 heterocycles. The first kappa shape index (κ1) is 42.5. The van der Waals surface area contributed by atoms with Crippen LogP contribution in [-0.4, -0.2) is 22.9 Å². The molecule has 0 bridgehead atoms. The van der Waals surface area contributed by atoms with Gasteiger partial charge in [-0.1, -0.05) is 173 Å². The van der Waals surface area contributed by atoms with Crippen LogP contribution in [0.1, 0.15) is 207 Å². The Bertz CT molecular complexity index is 512. The van der Waals surface area contributed by atoms with Crippen molar-refractivity contribution in [3.63, 3.8) is 0 Å². The van der Waals surface area contributed by atoms with Crippen molar-refractivity contribution in [2.75, 3.05) is 6.61 Å². The largest absolute Gasteiger partial charge is 0.396 e. The summed E-state index contributed by atoms with van der Waals surface area (Å²) in [5.41, 5.74) is 1.34. The van der Waals surface area contributed by atoms with Crippen LogP contribution < -0.4 is 0 Å². The molecule has 41 heavy (non-hydrogen) atoms. The summed E-state index contributed by atoms with van der Waals surface area (Å²) in [5, 5.41) is 18.7. The molecular formula is C39H78O2. The molecule has 0 fully saturated rings. The Kier molecular flexibility index (Phi) is 38.8. The Labute approximate surface area is 260 Å². The molecule has 0 aliphatic rings. The number of aliphatic hydroxyl groups excluding tert-OH is 2. The molecule has 2 atom stereocenters. The quantitative estimate of drug-likeness (QED) is 0.0634. The molecular weight excluding hydrogens is 500 g/mol. The summed E-state index contributed by atoms with van der Waals surface area (Å²) in [6, 6.07) is 0. The fourth-order valence-electron chi connectivity index (χ4n) is 5.27. The van der Waals surface area contributed by atoms with Gasteiger partial charge in [0, 0.05) is 12.5 Å². The Morgan fingerprint density at radius 3 is 1.27 bits per heavy atom. The Morgan fingerprint density at radius 1 is 0.561 bits per heavy atom. The Balaban J connectivity index is 0. The van der Waals surface area contributed by atoms with Crippen LogP contribution in [0.5, 0.6) is 0 Å². The standard InChI is InChI=1S/C20H38.C19H40O2/c1-4-5-6-7-8-9-10-11-12-13-14-15-16-17-18-19-20(2)3;1-3-4-5-6-7-8-9-10-11-12-13-14-15-16-19(21)18(2)17-20/h11-12H,2,4-10,13-19H2,1,3H3;18-21H,3-17H2,1-2H3/b12-11-;. The minimum absolute atomic E-state index is 0.0299. The SMILES string of the molecule is C=C(C)CCCCCCC/C=C\CCCCCCCC.CCCCCCCCCCCCCCCC(O)C(C)CO. The molecule has 0 aliphatic heterocycles. The smallest absolute Gasteiger partial charge is 0.0587 e. The number of rotatable bonds is 31. The molecule has 0 aromatic rings. The van der Waals surface area contributed by atoms with Crippen molar-refractivity contribution in [2.45, 2.75) is 214 Å². The van der Waals surface area contributed by atoms with E-state index >= 15 is 0 Å². The predicted molar refractivity (Wildman–Crippen MR) is 187 cm³/mol. The van der Waals surface area contributed by atoms with Gasteiger partial charge < -0.3 is 10.2 Å². The van der Waals surface area contributed by atoms with Crippen molar-refractivity contribution in [1.82, 2.24) is 0 Å². The summed E-state index contributed by atoms with van der Waals surface area (Å²) in [6.07, 6.45) is 42.1. The molecule has 0 amide bonds. The minimum atomic E-state index is -0.317. The monoisotopic (exact) mass is 579 g/mol. The Morgan fingerprint density at radius 2 is 0.902 bits per heavy atom. The van der Waals surface area contributed by atoms with Crippen LogP contribution in [0, 0.1) is 5.92 Å². The van der Waals surface area contributed by atoms with E-state index in [4.69, 9.17) is 5.11 Å². The third kappa shape index (κ3) is 39.4. The van der Waals surface area contributed by atoms with Gasteiger partial charge in [-0.15, -0.1) is 6.58 Å². The van der Waals surface area contributed by atoms with Crippen LogP contribution in [0.3, 0.4) is 0 Å². The van der Waals surface area contributed by atoms with Gasteiger partial charge in [0.15, 0.2) is 0 Å². The molecule has 0 rings (SSSR count). The van der Waals surface area contributed by atoms with Crippen molar-refractivity contribution in [2.24, 2.45) is 5.92 Å². The zero-order valence-corrected chi connectivity index (χ0v) is 28.9. The fourth-order valence-corrected chi connectivity index (χ4v) is 5.27. The molecule has 0 radical (unpaired) electrons. The second-order valence-corrected chi connectivity index (χ2v) is 13.0. The third-order valence-corrected chi connectivity index (χ3v) is 8.41. The molecule has 0 aromatic carbocycles. The normalized spacial score (nSPS) is 12.8. The van der Waals surface area contributed by atoms with Gasteiger partial charge in [0.1, 0.15) is 0 Å². The molecule has 2 heteroatoms. The van der Waals surface area contributed by atoms with Crippen LogP contribution >= 0.6 is 0 Å². The second-order valence-electron chi connectivity index (χ2n) is 13.0. The molecule has 0 aliphatic carbocycles. The highest BCUT2D eigenvalue weighted by molar-refractivity contribution is 4.87. The number of unbranched alkanes of at least 4 members (excludes halogenated alkanes) is 23. The lowest BCUT2D eigenvalue weighted by Crippen LogP contribution is -2.20. The molecule has 0 spiro atoms. The summed E-state index contributed by atoms with van der Waals surface area (Å²) in [7, 11) is 0. The van der Waals surface area contributed by atoms with E-state index in [9.17, 15) is 5.11 Å². The average molecular weight is 579 g/mol. The average Bonchev–Trinajstić information content (AvgIpc) is 2.97. The van der Waals surface area contributed by atoms with E-state index in [1.54, 1.807) is 0 Å². The zero-order valence-electron chi connectivity index (χ0n) is 28.9. The van der Waals surface area contributed by atoms with Gasteiger partial charge in [-0.25, -0.2) is 0 Å². The summed E-state index contributed by atoms with van der Waals surface area (Å²) >= 11 is 0. The highest BCUT2D eigenvalue weighted by Gasteiger charge is 2.11. The first-order valence-corrected chi connectivity index (χ1v) is 18.6. The summed E-state index contributed by atoms with van der Waals surface area (Å²) in [4.78, 5) is 0.